The normalized spacial score (nSPS) is 15.3. The molecule has 3 rings (SSSR count). The van der Waals surface area contributed by atoms with E-state index in [4.69, 9.17) is 4.74 Å². The summed E-state index contributed by atoms with van der Waals surface area (Å²) >= 11 is 0. The fourth-order valence-corrected chi connectivity index (χ4v) is 2.92. The van der Waals surface area contributed by atoms with Gasteiger partial charge in [-0.05, 0) is 44.5 Å². The lowest BCUT2D eigenvalue weighted by molar-refractivity contribution is 0.202. The zero-order valence-corrected chi connectivity index (χ0v) is 14.0. The third-order valence-electron chi connectivity index (χ3n) is 4.24. The van der Waals surface area contributed by atoms with E-state index in [0.29, 0.717) is 6.61 Å². The van der Waals surface area contributed by atoms with E-state index in [1.54, 1.807) is 0 Å². The molecule has 1 aliphatic rings. The second-order valence-corrected chi connectivity index (χ2v) is 6.12. The van der Waals surface area contributed by atoms with Gasteiger partial charge >= 0.3 is 0 Å². The van der Waals surface area contributed by atoms with Crippen molar-refractivity contribution in [3.05, 3.63) is 52.3 Å². The smallest absolute Gasteiger partial charge is 0.271 e. The Morgan fingerprint density at radius 2 is 1.84 bits per heavy atom. The summed E-state index contributed by atoms with van der Waals surface area (Å²) in [4.78, 5) is 14.3. The Kier molecular flexibility index (Phi) is 5.75. The van der Waals surface area contributed by atoms with E-state index in [9.17, 15) is 13.6 Å². The SMILES string of the molecule is O=c1ccc(OCCCN2CCCCC2)nn1-c1ccc(F)c(F)c1. The van der Waals surface area contributed by atoms with E-state index >= 15 is 0 Å². The van der Waals surface area contributed by atoms with Crippen LogP contribution in [0.1, 0.15) is 25.7 Å². The van der Waals surface area contributed by atoms with Crippen molar-refractivity contribution in [2.45, 2.75) is 25.7 Å². The summed E-state index contributed by atoms with van der Waals surface area (Å²) in [6.45, 7) is 3.74. The fourth-order valence-electron chi connectivity index (χ4n) is 2.92. The summed E-state index contributed by atoms with van der Waals surface area (Å²) < 4.78 is 33.0. The Balaban J connectivity index is 1.61. The Hall–Kier alpha value is -2.28. The Morgan fingerprint density at radius 3 is 2.60 bits per heavy atom. The van der Waals surface area contributed by atoms with Crippen molar-refractivity contribution in [1.82, 2.24) is 14.7 Å². The van der Waals surface area contributed by atoms with Crippen molar-refractivity contribution in [3.63, 3.8) is 0 Å². The first-order valence-electron chi connectivity index (χ1n) is 8.54. The van der Waals surface area contributed by atoms with E-state index in [1.807, 2.05) is 0 Å². The van der Waals surface area contributed by atoms with E-state index in [0.717, 1.165) is 42.9 Å². The summed E-state index contributed by atoms with van der Waals surface area (Å²) in [7, 11) is 0. The van der Waals surface area contributed by atoms with Crippen molar-refractivity contribution in [2.24, 2.45) is 0 Å². The first kappa shape index (κ1) is 17.5. The maximum absolute atomic E-state index is 13.4. The van der Waals surface area contributed by atoms with Crippen LogP contribution < -0.4 is 10.3 Å². The van der Waals surface area contributed by atoms with Crippen molar-refractivity contribution in [1.29, 1.82) is 0 Å². The Bertz CT molecular complexity index is 773. The molecule has 7 heteroatoms. The third-order valence-corrected chi connectivity index (χ3v) is 4.24. The molecule has 1 saturated heterocycles. The molecule has 1 fully saturated rings. The maximum Gasteiger partial charge on any atom is 0.271 e. The first-order chi connectivity index (χ1) is 12.1. The molecule has 2 heterocycles. The van der Waals surface area contributed by atoms with Crippen molar-refractivity contribution >= 4 is 0 Å². The number of hydrogen-bond donors (Lipinski definition) is 0. The highest BCUT2D eigenvalue weighted by molar-refractivity contribution is 5.32. The average molecular weight is 349 g/mol. The zero-order valence-electron chi connectivity index (χ0n) is 14.0. The number of rotatable bonds is 6. The number of benzene rings is 1. The molecule has 1 aromatic heterocycles. The summed E-state index contributed by atoms with van der Waals surface area (Å²) in [5, 5.41) is 4.08. The fraction of sp³-hybridized carbons (Fsp3) is 0.444. The topological polar surface area (TPSA) is 47.4 Å². The minimum absolute atomic E-state index is 0.155. The van der Waals surface area contributed by atoms with Crippen LogP contribution in [0.25, 0.3) is 5.69 Å². The molecule has 0 aliphatic carbocycles. The summed E-state index contributed by atoms with van der Waals surface area (Å²) in [5.41, 5.74) is -0.283. The van der Waals surface area contributed by atoms with Gasteiger partial charge in [-0.2, -0.15) is 4.68 Å². The van der Waals surface area contributed by atoms with Crippen molar-refractivity contribution in [2.75, 3.05) is 26.2 Å². The van der Waals surface area contributed by atoms with Crippen molar-refractivity contribution in [3.8, 4) is 11.6 Å². The van der Waals surface area contributed by atoms with Crippen LogP contribution in [-0.4, -0.2) is 40.9 Å². The molecule has 0 saturated carbocycles. The van der Waals surface area contributed by atoms with Gasteiger partial charge in [0.2, 0.25) is 5.88 Å². The molecule has 0 unspecified atom stereocenters. The summed E-state index contributed by atoms with van der Waals surface area (Å²) in [6.07, 6.45) is 4.68. The minimum Gasteiger partial charge on any atom is -0.477 e. The van der Waals surface area contributed by atoms with Gasteiger partial charge in [0.05, 0.1) is 12.3 Å². The molecular formula is C18H21F2N3O2. The standard InChI is InChI=1S/C18H21F2N3O2/c19-15-6-5-14(13-16(15)20)23-18(24)8-7-17(21-23)25-12-4-11-22-9-2-1-3-10-22/h5-8,13H,1-4,9-12H2. The molecule has 0 radical (unpaired) electrons. The van der Waals surface area contributed by atoms with Gasteiger partial charge in [-0.15, -0.1) is 5.10 Å². The zero-order chi connectivity index (χ0) is 17.6. The van der Waals surface area contributed by atoms with Gasteiger partial charge in [0.1, 0.15) is 0 Å². The largest absolute Gasteiger partial charge is 0.477 e. The number of ether oxygens (including phenoxy) is 1. The highest BCUT2D eigenvalue weighted by atomic mass is 19.2. The van der Waals surface area contributed by atoms with Crippen molar-refractivity contribution < 1.29 is 13.5 Å². The molecule has 0 amide bonds. The van der Waals surface area contributed by atoms with Crippen LogP contribution in [0.15, 0.2) is 35.1 Å². The Labute approximate surface area is 144 Å². The maximum atomic E-state index is 13.4. The lowest BCUT2D eigenvalue weighted by atomic mass is 10.1. The molecule has 5 nitrogen and oxygen atoms in total. The number of halogens is 2. The lowest BCUT2D eigenvalue weighted by Gasteiger charge is -2.26. The van der Waals surface area contributed by atoms with Gasteiger partial charge in [-0.25, -0.2) is 8.78 Å². The average Bonchev–Trinajstić information content (AvgIpc) is 2.63. The number of hydrogen-bond acceptors (Lipinski definition) is 4. The monoisotopic (exact) mass is 349 g/mol. The van der Waals surface area contributed by atoms with E-state index < -0.39 is 17.2 Å². The van der Waals surface area contributed by atoms with Crippen LogP contribution in [-0.2, 0) is 0 Å². The highest BCUT2D eigenvalue weighted by Gasteiger charge is 2.10. The van der Waals surface area contributed by atoms with Crippen LogP contribution in [0.5, 0.6) is 5.88 Å². The predicted molar refractivity (Wildman–Crippen MR) is 90.2 cm³/mol. The second-order valence-electron chi connectivity index (χ2n) is 6.12. The van der Waals surface area contributed by atoms with E-state index in [-0.39, 0.29) is 11.6 Å². The van der Waals surface area contributed by atoms with Gasteiger partial charge in [0.25, 0.3) is 5.56 Å². The number of piperidine rings is 1. The third kappa shape index (κ3) is 4.63. The summed E-state index contributed by atoms with van der Waals surface area (Å²) in [5.74, 6) is -1.72. The quantitative estimate of drug-likeness (QED) is 0.753. The van der Waals surface area contributed by atoms with Gasteiger partial charge in [-0.1, -0.05) is 6.42 Å². The van der Waals surface area contributed by atoms with E-state index in [2.05, 4.69) is 10.00 Å². The molecular weight excluding hydrogens is 328 g/mol. The van der Waals surface area contributed by atoms with Crippen LogP contribution in [0.2, 0.25) is 0 Å². The highest BCUT2D eigenvalue weighted by Crippen LogP contribution is 2.13. The molecule has 25 heavy (non-hydrogen) atoms. The molecule has 0 spiro atoms. The number of likely N-dealkylation sites (tertiary alicyclic amines) is 1. The Morgan fingerprint density at radius 1 is 1.04 bits per heavy atom. The van der Waals surface area contributed by atoms with Crippen LogP contribution >= 0.6 is 0 Å². The molecule has 134 valence electrons. The molecule has 0 atom stereocenters. The van der Waals surface area contributed by atoms with Gasteiger partial charge in [0.15, 0.2) is 11.6 Å². The summed E-state index contributed by atoms with van der Waals surface area (Å²) in [6, 6.07) is 5.98. The minimum atomic E-state index is -1.03. The van der Waals surface area contributed by atoms with Gasteiger partial charge in [0, 0.05) is 24.7 Å². The number of nitrogens with zero attached hydrogens (tertiary/aromatic N) is 3. The number of aromatic nitrogens is 2. The van der Waals surface area contributed by atoms with Crippen LogP contribution in [0, 0.1) is 11.6 Å². The molecule has 1 aromatic carbocycles. The first-order valence-corrected chi connectivity index (χ1v) is 8.54. The molecule has 2 aromatic rings. The van der Waals surface area contributed by atoms with Crippen LogP contribution in [0.3, 0.4) is 0 Å². The second kappa shape index (κ2) is 8.20. The van der Waals surface area contributed by atoms with Gasteiger partial charge < -0.3 is 9.64 Å². The lowest BCUT2D eigenvalue weighted by Crippen LogP contribution is -2.31. The molecule has 1 aliphatic heterocycles. The van der Waals surface area contributed by atoms with Gasteiger partial charge in [-0.3, -0.25) is 4.79 Å². The molecule has 0 N–H and O–H groups in total. The van der Waals surface area contributed by atoms with E-state index in [1.165, 1.54) is 37.5 Å². The van der Waals surface area contributed by atoms with Crippen LogP contribution in [0.4, 0.5) is 8.78 Å². The predicted octanol–water partition coefficient (Wildman–Crippen LogP) is 2.77. The molecule has 0 bridgehead atoms.